The van der Waals surface area contributed by atoms with E-state index in [1.165, 1.54) is 37.7 Å². The molecule has 0 radical (unpaired) electrons. The van der Waals surface area contributed by atoms with Gasteiger partial charge < -0.3 is 0 Å². The molecule has 0 N–H and O–H groups in total. The van der Waals surface area contributed by atoms with Crippen molar-refractivity contribution in [3.05, 3.63) is 82.9 Å². The van der Waals surface area contributed by atoms with Gasteiger partial charge in [0.15, 0.2) is 11.6 Å². The SMILES string of the molecule is C#CC1CCC(CCc2ccc(C#Cc3ccc4c(F)c(F)ccc4c3)cc2)CC1. The Kier molecular flexibility index (Phi) is 6.15. The Morgan fingerprint density at radius 3 is 2.27 bits per heavy atom. The summed E-state index contributed by atoms with van der Waals surface area (Å²) in [6.45, 7) is 0. The zero-order valence-corrected chi connectivity index (χ0v) is 16.9. The van der Waals surface area contributed by atoms with Crippen LogP contribution in [0.1, 0.15) is 48.8 Å². The lowest BCUT2D eigenvalue weighted by Crippen LogP contribution is -2.13. The predicted octanol–water partition coefficient (Wildman–Crippen LogP) is 6.89. The summed E-state index contributed by atoms with van der Waals surface area (Å²) in [5.74, 6) is 8.81. The fourth-order valence-electron chi connectivity index (χ4n) is 4.23. The van der Waals surface area contributed by atoms with E-state index in [0.29, 0.717) is 11.3 Å². The monoisotopic (exact) mass is 398 g/mol. The summed E-state index contributed by atoms with van der Waals surface area (Å²) in [6, 6.07) is 16.2. The summed E-state index contributed by atoms with van der Waals surface area (Å²) < 4.78 is 27.1. The average molecular weight is 398 g/mol. The van der Waals surface area contributed by atoms with Gasteiger partial charge in [0.05, 0.1) is 0 Å². The van der Waals surface area contributed by atoms with Crippen LogP contribution in [0.3, 0.4) is 0 Å². The van der Waals surface area contributed by atoms with Crippen LogP contribution in [0.15, 0.2) is 54.6 Å². The second-order valence-electron chi connectivity index (χ2n) is 8.17. The quantitative estimate of drug-likeness (QED) is 0.421. The first-order valence-corrected chi connectivity index (χ1v) is 10.6. The van der Waals surface area contributed by atoms with Gasteiger partial charge in [-0.1, -0.05) is 36.1 Å². The Morgan fingerprint density at radius 1 is 0.833 bits per heavy atom. The second-order valence-corrected chi connectivity index (χ2v) is 8.17. The molecule has 2 heteroatoms. The third-order valence-corrected chi connectivity index (χ3v) is 6.14. The standard InChI is InChI=1S/C28H24F2/c1-2-20-3-5-21(6-4-20)7-8-22-9-11-23(12-10-22)13-14-24-15-17-26-25(19-24)16-18-27(29)28(26)30/h1,9-12,15-21H,3-8H2. The molecule has 4 rings (SSSR count). The first-order valence-electron chi connectivity index (χ1n) is 10.6. The maximum absolute atomic E-state index is 13.8. The average Bonchev–Trinajstić information content (AvgIpc) is 2.80. The molecule has 0 unspecified atom stereocenters. The lowest BCUT2D eigenvalue weighted by atomic mass is 9.80. The molecule has 0 saturated heterocycles. The van der Waals surface area contributed by atoms with Crippen LogP contribution in [-0.2, 0) is 6.42 Å². The second kappa shape index (κ2) is 9.15. The lowest BCUT2D eigenvalue weighted by molar-refractivity contribution is 0.302. The van der Waals surface area contributed by atoms with Gasteiger partial charge in [0.25, 0.3) is 0 Å². The Hall–Kier alpha value is -3.10. The Labute approximate surface area is 177 Å². The number of hydrogen-bond acceptors (Lipinski definition) is 0. The van der Waals surface area contributed by atoms with Gasteiger partial charge in [-0.2, -0.15) is 0 Å². The molecular formula is C28H24F2. The third-order valence-electron chi connectivity index (χ3n) is 6.14. The minimum absolute atomic E-state index is 0.276. The van der Waals surface area contributed by atoms with Crippen LogP contribution in [0, 0.1) is 47.7 Å². The summed E-state index contributed by atoms with van der Waals surface area (Å²) in [7, 11) is 0. The fourth-order valence-corrected chi connectivity index (χ4v) is 4.23. The van der Waals surface area contributed by atoms with Crippen molar-refractivity contribution < 1.29 is 8.78 Å². The summed E-state index contributed by atoms with van der Waals surface area (Å²) in [5, 5.41) is 0.921. The van der Waals surface area contributed by atoms with E-state index in [0.717, 1.165) is 29.5 Å². The van der Waals surface area contributed by atoms with Crippen molar-refractivity contribution in [2.24, 2.45) is 11.8 Å². The molecule has 3 aromatic carbocycles. The summed E-state index contributed by atoms with van der Waals surface area (Å²) in [4.78, 5) is 0. The molecule has 0 heterocycles. The molecular weight excluding hydrogens is 374 g/mol. The van der Waals surface area contributed by atoms with E-state index in [2.05, 4.69) is 29.9 Å². The molecule has 150 valence electrons. The van der Waals surface area contributed by atoms with Gasteiger partial charge in [0, 0.05) is 22.4 Å². The molecule has 0 atom stereocenters. The van der Waals surface area contributed by atoms with Gasteiger partial charge in [-0.3, -0.25) is 0 Å². The van der Waals surface area contributed by atoms with Crippen molar-refractivity contribution in [1.29, 1.82) is 0 Å². The molecule has 0 amide bonds. The lowest BCUT2D eigenvalue weighted by Gasteiger charge is -2.25. The van der Waals surface area contributed by atoms with E-state index in [-0.39, 0.29) is 5.39 Å². The van der Waals surface area contributed by atoms with E-state index in [9.17, 15) is 8.78 Å². The van der Waals surface area contributed by atoms with Crippen molar-refractivity contribution in [2.45, 2.75) is 38.5 Å². The Morgan fingerprint density at radius 2 is 1.53 bits per heavy atom. The van der Waals surface area contributed by atoms with Crippen LogP contribution in [0.25, 0.3) is 10.8 Å². The van der Waals surface area contributed by atoms with Gasteiger partial charge in [0.1, 0.15) is 0 Å². The molecule has 0 spiro atoms. The molecule has 1 saturated carbocycles. The van der Waals surface area contributed by atoms with Crippen molar-refractivity contribution in [1.82, 2.24) is 0 Å². The third kappa shape index (κ3) is 4.72. The number of terminal acetylenes is 1. The molecule has 0 aliphatic heterocycles. The largest absolute Gasteiger partial charge is 0.204 e. The smallest absolute Gasteiger partial charge is 0.166 e. The number of hydrogen-bond donors (Lipinski definition) is 0. The molecule has 0 nitrogen and oxygen atoms in total. The molecule has 0 aromatic heterocycles. The van der Waals surface area contributed by atoms with Crippen LogP contribution < -0.4 is 0 Å². The Balaban J connectivity index is 1.37. The van der Waals surface area contributed by atoms with Crippen molar-refractivity contribution >= 4 is 10.8 Å². The van der Waals surface area contributed by atoms with E-state index in [4.69, 9.17) is 6.42 Å². The number of fused-ring (bicyclic) bond motifs is 1. The molecule has 1 aliphatic carbocycles. The van der Waals surface area contributed by atoms with Crippen LogP contribution >= 0.6 is 0 Å². The van der Waals surface area contributed by atoms with Gasteiger partial charge in [-0.25, -0.2) is 8.78 Å². The highest BCUT2D eigenvalue weighted by Crippen LogP contribution is 2.31. The zero-order chi connectivity index (χ0) is 20.9. The summed E-state index contributed by atoms with van der Waals surface area (Å²) >= 11 is 0. The van der Waals surface area contributed by atoms with Crippen molar-refractivity contribution in [2.75, 3.05) is 0 Å². The highest BCUT2D eigenvalue weighted by Gasteiger charge is 2.19. The summed E-state index contributed by atoms with van der Waals surface area (Å²) in [5.41, 5.74) is 3.06. The Bertz CT molecular complexity index is 1130. The number of aryl methyl sites for hydroxylation is 1. The maximum atomic E-state index is 13.8. The van der Waals surface area contributed by atoms with Crippen LogP contribution in [0.2, 0.25) is 0 Å². The first kappa shape index (κ1) is 20.2. The van der Waals surface area contributed by atoms with E-state index >= 15 is 0 Å². The normalized spacial score (nSPS) is 18.4. The topological polar surface area (TPSA) is 0 Å². The number of halogens is 2. The number of benzene rings is 3. The maximum Gasteiger partial charge on any atom is 0.166 e. The molecule has 3 aromatic rings. The van der Waals surface area contributed by atoms with E-state index in [1.54, 1.807) is 24.3 Å². The van der Waals surface area contributed by atoms with Gasteiger partial charge in [-0.05, 0) is 85.7 Å². The van der Waals surface area contributed by atoms with Crippen molar-refractivity contribution in [3.8, 4) is 24.2 Å². The predicted molar refractivity (Wildman–Crippen MR) is 119 cm³/mol. The van der Waals surface area contributed by atoms with Gasteiger partial charge >= 0.3 is 0 Å². The van der Waals surface area contributed by atoms with Gasteiger partial charge in [0.2, 0.25) is 0 Å². The molecule has 1 fully saturated rings. The zero-order valence-electron chi connectivity index (χ0n) is 16.9. The minimum atomic E-state index is -0.832. The number of rotatable bonds is 3. The fraction of sp³-hybridized carbons (Fsp3) is 0.286. The van der Waals surface area contributed by atoms with Crippen LogP contribution in [0.4, 0.5) is 8.78 Å². The van der Waals surface area contributed by atoms with E-state index in [1.807, 2.05) is 12.1 Å². The molecule has 30 heavy (non-hydrogen) atoms. The molecule has 0 bridgehead atoms. The minimum Gasteiger partial charge on any atom is -0.204 e. The molecule has 1 aliphatic rings. The summed E-state index contributed by atoms with van der Waals surface area (Å²) in [6.07, 6.45) is 12.7. The first-order chi connectivity index (χ1) is 14.6. The van der Waals surface area contributed by atoms with Gasteiger partial charge in [-0.15, -0.1) is 12.3 Å². The highest BCUT2D eigenvalue weighted by molar-refractivity contribution is 5.84. The van der Waals surface area contributed by atoms with Crippen LogP contribution in [-0.4, -0.2) is 0 Å². The highest BCUT2D eigenvalue weighted by atomic mass is 19.2. The van der Waals surface area contributed by atoms with Crippen LogP contribution in [0.5, 0.6) is 0 Å². The van der Waals surface area contributed by atoms with Crippen molar-refractivity contribution in [3.63, 3.8) is 0 Å². The van der Waals surface area contributed by atoms with E-state index < -0.39 is 11.6 Å².